The fourth-order valence-corrected chi connectivity index (χ4v) is 5.97. The molecule has 1 N–H and O–H groups in total. The molecule has 0 unspecified atom stereocenters. The van der Waals surface area contributed by atoms with Crippen LogP contribution in [-0.2, 0) is 17.7 Å². The number of anilines is 2. The van der Waals surface area contributed by atoms with E-state index >= 15 is 0 Å². The Morgan fingerprint density at radius 2 is 1.92 bits per heavy atom. The molecule has 0 atom stereocenters. The van der Waals surface area contributed by atoms with E-state index in [9.17, 15) is 9.59 Å². The summed E-state index contributed by atoms with van der Waals surface area (Å²) in [7, 11) is 3.25. The largest absolute Gasteiger partial charge is 0.465 e. The van der Waals surface area contributed by atoms with Gasteiger partial charge in [-0.05, 0) is 45.1 Å². The standard InChI is InChI=1S/C25H29N7O3S/c1-5-16-20(24(34)35-4)36-25(28-16)30(3)22-19-18(26-12-27-19)15-11-17(31(6-2)21(15)29-22)23(33)32(13-7-8-13)14-9-10-14/h11-14H,5-10H2,1-4H3,(H,26,27). The van der Waals surface area contributed by atoms with Crippen molar-refractivity contribution >= 4 is 56.2 Å². The predicted molar refractivity (Wildman–Crippen MR) is 138 cm³/mol. The molecule has 0 aromatic carbocycles. The monoisotopic (exact) mass is 507 g/mol. The summed E-state index contributed by atoms with van der Waals surface area (Å²) in [5.74, 6) is 0.336. The van der Waals surface area contributed by atoms with E-state index in [1.54, 1.807) is 6.33 Å². The van der Waals surface area contributed by atoms with Gasteiger partial charge in [0.15, 0.2) is 10.9 Å². The maximum atomic E-state index is 13.7. The van der Waals surface area contributed by atoms with Gasteiger partial charge in [0.1, 0.15) is 27.3 Å². The lowest BCUT2D eigenvalue weighted by atomic mass is 10.2. The number of hydrogen-bond acceptors (Lipinski definition) is 8. The summed E-state index contributed by atoms with van der Waals surface area (Å²) >= 11 is 1.28. The molecule has 2 fully saturated rings. The zero-order chi connectivity index (χ0) is 25.1. The number of fused-ring (bicyclic) bond motifs is 3. The quantitative estimate of drug-likeness (QED) is 0.355. The van der Waals surface area contributed by atoms with Crippen LogP contribution in [0.15, 0.2) is 12.4 Å². The second-order valence-corrected chi connectivity index (χ2v) is 10.4. The lowest BCUT2D eigenvalue weighted by Gasteiger charge is -2.22. The van der Waals surface area contributed by atoms with Crippen LogP contribution in [0.25, 0.3) is 22.1 Å². The van der Waals surface area contributed by atoms with Crippen LogP contribution in [0.4, 0.5) is 10.9 Å². The first-order valence-corrected chi connectivity index (χ1v) is 13.3. The molecule has 1 amide bonds. The molecule has 0 radical (unpaired) electrons. The predicted octanol–water partition coefficient (Wildman–Crippen LogP) is 4.27. The van der Waals surface area contributed by atoms with Gasteiger partial charge in [0, 0.05) is 31.1 Å². The molecule has 2 aliphatic carbocycles. The maximum Gasteiger partial charge on any atom is 0.350 e. The van der Waals surface area contributed by atoms with E-state index in [-0.39, 0.29) is 5.91 Å². The van der Waals surface area contributed by atoms with Crippen LogP contribution in [0.3, 0.4) is 0 Å². The molecule has 4 heterocycles. The Morgan fingerprint density at radius 3 is 2.53 bits per heavy atom. The summed E-state index contributed by atoms with van der Waals surface area (Å²) in [6.07, 6.45) is 6.62. The number of nitrogens with zero attached hydrogens (tertiary/aromatic N) is 6. The summed E-state index contributed by atoms with van der Waals surface area (Å²) in [4.78, 5) is 48.0. The van der Waals surface area contributed by atoms with E-state index < -0.39 is 5.97 Å². The molecular formula is C25H29N7O3S. The Morgan fingerprint density at radius 1 is 1.19 bits per heavy atom. The molecule has 4 aromatic rings. The Balaban J connectivity index is 1.48. The van der Waals surface area contributed by atoms with Crippen LogP contribution >= 0.6 is 11.3 Å². The average molecular weight is 508 g/mol. The minimum absolute atomic E-state index is 0.0914. The number of pyridine rings is 1. The first kappa shape index (κ1) is 23.0. The Bertz CT molecular complexity index is 1480. The number of ether oxygens (including phenoxy) is 1. The van der Waals surface area contributed by atoms with Gasteiger partial charge in [0.25, 0.3) is 5.91 Å². The summed E-state index contributed by atoms with van der Waals surface area (Å²) in [6, 6.07) is 2.69. The molecule has 188 valence electrons. The van der Waals surface area contributed by atoms with E-state index in [1.165, 1.54) is 18.4 Å². The SMILES string of the molecule is CCc1nc(N(C)c2nc3c(cc(C(=O)N(C4CC4)C4CC4)n3CC)c3nc[nH]c23)sc1C(=O)OC. The van der Waals surface area contributed by atoms with Crippen LogP contribution in [0.1, 0.15) is 65.4 Å². The van der Waals surface area contributed by atoms with E-state index in [4.69, 9.17) is 14.7 Å². The number of carbonyl (C=O) groups is 2. The Hall–Kier alpha value is -3.47. The van der Waals surface area contributed by atoms with Crippen LogP contribution in [0.2, 0.25) is 0 Å². The van der Waals surface area contributed by atoms with Gasteiger partial charge in [-0.15, -0.1) is 0 Å². The number of esters is 1. The highest BCUT2D eigenvalue weighted by Crippen LogP contribution is 2.40. The van der Waals surface area contributed by atoms with Gasteiger partial charge in [0.05, 0.1) is 19.1 Å². The van der Waals surface area contributed by atoms with Gasteiger partial charge < -0.3 is 24.1 Å². The molecule has 36 heavy (non-hydrogen) atoms. The van der Waals surface area contributed by atoms with E-state index in [2.05, 4.69) is 14.9 Å². The number of rotatable bonds is 8. The number of methoxy groups -OCH3 is 1. The molecule has 11 heteroatoms. The highest BCUT2D eigenvalue weighted by atomic mass is 32.1. The normalized spacial score (nSPS) is 15.6. The fourth-order valence-electron chi connectivity index (χ4n) is 4.93. The lowest BCUT2D eigenvalue weighted by molar-refractivity contribution is 0.0604. The number of carbonyl (C=O) groups excluding carboxylic acids is 2. The second-order valence-electron chi connectivity index (χ2n) is 9.42. The third-order valence-corrected chi connectivity index (χ3v) is 8.20. The van der Waals surface area contributed by atoms with Gasteiger partial charge in [-0.25, -0.2) is 19.7 Å². The van der Waals surface area contributed by atoms with Crippen molar-refractivity contribution in [3.63, 3.8) is 0 Å². The number of H-pyrrole nitrogens is 1. The highest BCUT2D eigenvalue weighted by Gasteiger charge is 2.43. The van der Waals surface area contributed by atoms with Crippen LogP contribution in [0.5, 0.6) is 0 Å². The van der Waals surface area contributed by atoms with Gasteiger partial charge in [0.2, 0.25) is 0 Å². The summed E-state index contributed by atoms with van der Waals surface area (Å²) in [6.45, 7) is 4.61. The highest BCUT2D eigenvalue weighted by molar-refractivity contribution is 7.17. The zero-order valence-electron chi connectivity index (χ0n) is 20.9. The number of aromatic nitrogens is 5. The van der Waals surface area contributed by atoms with Gasteiger partial charge >= 0.3 is 5.97 Å². The smallest absolute Gasteiger partial charge is 0.350 e. The number of hydrogen-bond donors (Lipinski definition) is 1. The van der Waals surface area contributed by atoms with Crippen molar-refractivity contribution in [1.29, 1.82) is 0 Å². The van der Waals surface area contributed by atoms with Crippen LogP contribution in [-0.4, -0.2) is 67.5 Å². The van der Waals surface area contributed by atoms with Crippen molar-refractivity contribution in [2.45, 2.75) is 64.6 Å². The Kier molecular flexibility index (Phi) is 5.47. The van der Waals surface area contributed by atoms with E-state index in [0.717, 1.165) is 42.1 Å². The summed E-state index contributed by atoms with van der Waals surface area (Å²) < 4.78 is 6.95. The van der Waals surface area contributed by atoms with Crippen molar-refractivity contribution in [2.75, 3.05) is 19.1 Å². The van der Waals surface area contributed by atoms with Crippen molar-refractivity contribution < 1.29 is 14.3 Å². The molecule has 2 saturated carbocycles. The summed E-state index contributed by atoms with van der Waals surface area (Å²) in [5.41, 5.74) is 3.59. The van der Waals surface area contributed by atoms with Gasteiger partial charge in [-0.1, -0.05) is 18.3 Å². The van der Waals surface area contributed by atoms with E-state index in [1.807, 2.05) is 36.4 Å². The van der Waals surface area contributed by atoms with Crippen molar-refractivity contribution in [1.82, 2.24) is 29.4 Å². The van der Waals surface area contributed by atoms with Gasteiger partial charge in [-0.3, -0.25) is 4.79 Å². The molecule has 2 aliphatic rings. The third kappa shape index (κ3) is 3.56. The lowest BCUT2D eigenvalue weighted by Crippen LogP contribution is -2.36. The molecular weight excluding hydrogens is 478 g/mol. The fraction of sp³-hybridized carbons (Fsp3) is 0.480. The number of aromatic amines is 1. The number of imidazole rings is 1. The first-order chi connectivity index (χ1) is 17.5. The topological polar surface area (TPSA) is 109 Å². The number of amides is 1. The van der Waals surface area contributed by atoms with Crippen LogP contribution in [0, 0.1) is 0 Å². The minimum Gasteiger partial charge on any atom is -0.465 e. The second kappa shape index (κ2) is 8.58. The molecule has 0 saturated heterocycles. The minimum atomic E-state index is -0.391. The van der Waals surface area contributed by atoms with Crippen molar-refractivity contribution in [3.05, 3.63) is 28.7 Å². The molecule has 4 aromatic heterocycles. The molecule has 0 aliphatic heterocycles. The molecule has 10 nitrogen and oxygen atoms in total. The third-order valence-electron chi connectivity index (χ3n) is 7.05. The first-order valence-electron chi connectivity index (χ1n) is 12.5. The molecule has 6 rings (SSSR count). The van der Waals surface area contributed by atoms with E-state index in [0.29, 0.717) is 57.9 Å². The number of thiazole rings is 1. The molecule has 0 bridgehead atoms. The summed E-state index contributed by atoms with van der Waals surface area (Å²) in [5, 5.41) is 1.48. The Labute approximate surface area is 212 Å². The zero-order valence-corrected chi connectivity index (χ0v) is 21.7. The maximum absolute atomic E-state index is 13.7. The van der Waals surface area contributed by atoms with Crippen molar-refractivity contribution in [3.8, 4) is 0 Å². The average Bonchev–Trinajstić information content (AvgIpc) is 3.77. The van der Waals surface area contributed by atoms with Crippen molar-refractivity contribution in [2.24, 2.45) is 0 Å². The van der Waals surface area contributed by atoms with Crippen LogP contribution < -0.4 is 4.90 Å². The number of aryl methyl sites for hydroxylation is 2. The number of nitrogens with one attached hydrogen (secondary N) is 1. The molecule has 0 spiro atoms. The van der Waals surface area contributed by atoms with Gasteiger partial charge in [-0.2, -0.15) is 0 Å².